The van der Waals surface area contributed by atoms with Crippen LogP contribution >= 0.6 is 0 Å². The molecule has 0 spiro atoms. The fourth-order valence-corrected chi connectivity index (χ4v) is 4.29. The number of benzene rings is 2. The third-order valence-corrected chi connectivity index (χ3v) is 6.64. The molecule has 4 atom stereocenters. The largest absolute Gasteiger partial charge is 0.465 e. The van der Waals surface area contributed by atoms with Gasteiger partial charge in [-0.15, -0.1) is 0 Å². The van der Waals surface area contributed by atoms with Crippen molar-refractivity contribution in [3.63, 3.8) is 0 Å². The van der Waals surface area contributed by atoms with Gasteiger partial charge in [-0.25, -0.2) is 4.79 Å². The molecular formula is C29H40N4O6. The molecule has 0 radical (unpaired) electrons. The number of carbonyl (C=O) groups excluding carboxylic acids is 4. The van der Waals surface area contributed by atoms with Crippen LogP contribution in [-0.4, -0.2) is 71.8 Å². The lowest BCUT2D eigenvalue weighted by atomic mass is 9.93. The Hall–Kier alpha value is -3.95. The molecule has 0 aliphatic carbocycles. The van der Waals surface area contributed by atoms with Crippen molar-refractivity contribution in [2.45, 2.75) is 65.1 Å². The summed E-state index contributed by atoms with van der Waals surface area (Å²) in [6.45, 7) is 7.21. The maximum Gasteiger partial charge on any atom is 0.405 e. The number of rotatable bonds is 13. The minimum atomic E-state index is -1.36. The molecule has 0 aliphatic heterocycles. The van der Waals surface area contributed by atoms with Gasteiger partial charge in [0.1, 0.15) is 12.1 Å². The number of hydrogen-bond acceptors (Lipinski definition) is 5. The Kier molecular flexibility index (Phi) is 11.4. The summed E-state index contributed by atoms with van der Waals surface area (Å²) in [7, 11) is 3.13. The van der Waals surface area contributed by atoms with Crippen molar-refractivity contribution in [2.24, 2.45) is 11.8 Å². The molecule has 2 rings (SSSR count). The molecule has 0 saturated carbocycles. The van der Waals surface area contributed by atoms with Crippen LogP contribution < -0.4 is 16.0 Å². The lowest BCUT2D eigenvalue weighted by Gasteiger charge is -2.27. The molecule has 0 bridgehead atoms. The predicted octanol–water partition coefficient (Wildman–Crippen LogP) is 2.74. The van der Waals surface area contributed by atoms with Crippen molar-refractivity contribution < 1.29 is 29.1 Å². The topological polar surface area (TPSA) is 145 Å². The van der Waals surface area contributed by atoms with Crippen LogP contribution in [0.25, 0.3) is 10.8 Å². The lowest BCUT2D eigenvalue weighted by Crippen LogP contribution is -2.57. The molecule has 212 valence electrons. The zero-order valence-corrected chi connectivity index (χ0v) is 23.5. The van der Waals surface area contributed by atoms with Gasteiger partial charge in [-0.05, 0) is 34.6 Å². The highest BCUT2D eigenvalue weighted by atomic mass is 16.4. The average Bonchev–Trinajstić information content (AvgIpc) is 2.88. The second-order valence-electron chi connectivity index (χ2n) is 10.5. The van der Waals surface area contributed by atoms with Crippen LogP contribution in [0.15, 0.2) is 42.5 Å². The predicted molar refractivity (Wildman–Crippen MR) is 149 cm³/mol. The molecule has 2 aromatic carbocycles. The first kappa shape index (κ1) is 31.3. The minimum absolute atomic E-state index is 0.00144. The normalized spacial score (nSPS) is 14.1. The SMILES string of the molecule is CCC(C)C(NC(=O)C(CC(C)C)NC(=O)O)C(=O)C(=O)NC(Cc1ccc2ccccc2c1)C(=O)N(C)C. The van der Waals surface area contributed by atoms with E-state index in [4.69, 9.17) is 5.11 Å². The van der Waals surface area contributed by atoms with Gasteiger partial charge in [0.15, 0.2) is 0 Å². The zero-order valence-electron chi connectivity index (χ0n) is 23.5. The molecule has 4 unspecified atom stereocenters. The van der Waals surface area contributed by atoms with E-state index in [9.17, 15) is 24.0 Å². The number of fused-ring (bicyclic) bond motifs is 1. The van der Waals surface area contributed by atoms with Crippen LogP contribution in [0.3, 0.4) is 0 Å². The number of nitrogens with zero attached hydrogens (tertiary/aromatic N) is 1. The van der Waals surface area contributed by atoms with Crippen LogP contribution in [-0.2, 0) is 25.6 Å². The van der Waals surface area contributed by atoms with Gasteiger partial charge in [0.2, 0.25) is 17.6 Å². The fraction of sp³-hybridized carbons (Fsp3) is 0.483. The van der Waals surface area contributed by atoms with Crippen molar-refractivity contribution in [3.8, 4) is 0 Å². The highest BCUT2D eigenvalue weighted by molar-refractivity contribution is 6.39. The summed E-state index contributed by atoms with van der Waals surface area (Å²) in [5.41, 5.74) is 0.810. The summed E-state index contributed by atoms with van der Waals surface area (Å²) in [6.07, 6.45) is -0.502. The van der Waals surface area contributed by atoms with Crippen LogP contribution in [0, 0.1) is 11.8 Å². The van der Waals surface area contributed by atoms with Crippen LogP contribution in [0.2, 0.25) is 0 Å². The summed E-state index contributed by atoms with van der Waals surface area (Å²) in [5.74, 6) is -3.37. The number of nitrogens with one attached hydrogen (secondary N) is 3. The van der Waals surface area contributed by atoms with Gasteiger partial charge in [0, 0.05) is 20.5 Å². The number of likely N-dealkylation sites (N-methyl/N-ethyl adjacent to an activating group) is 1. The Bertz CT molecular complexity index is 1200. The highest BCUT2D eigenvalue weighted by Gasteiger charge is 2.35. The Morgan fingerprint density at radius 1 is 0.872 bits per heavy atom. The Balaban J connectivity index is 2.26. The molecule has 2 aromatic rings. The standard InChI is InChI=1S/C29H40N4O6/c1-7-18(4)24(32-26(35)22(14-17(2)3)31-29(38)39)25(34)27(36)30-23(28(37)33(5)6)16-19-12-13-20-10-8-9-11-21(20)15-19/h8-13,15,17-18,22-24,31H,7,14,16H2,1-6H3,(H,30,36)(H,32,35)(H,38,39). The zero-order chi connectivity index (χ0) is 29.3. The van der Waals surface area contributed by atoms with E-state index in [1.807, 2.05) is 63.2 Å². The maximum atomic E-state index is 13.3. The Labute approximate surface area is 229 Å². The molecule has 10 nitrogen and oxygen atoms in total. The molecule has 0 saturated heterocycles. The molecule has 0 aromatic heterocycles. The molecule has 0 heterocycles. The Morgan fingerprint density at radius 3 is 2.08 bits per heavy atom. The molecule has 4 N–H and O–H groups in total. The fourth-order valence-electron chi connectivity index (χ4n) is 4.29. The highest BCUT2D eigenvalue weighted by Crippen LogP contribution is 2.17. The number of carbonyl (C=O) groups is 5. The second-order valence-corrected chi connectivity index (χ2v) is 10.5. The van der Waals surface area contributed by atoms with Gasteiger partial charge in [-0.3, -0.25) is 19.2 Å². The molecular weight excluding hydrogens is 500 g/mol. The van der Waals surface area contributed by atoms with Gasteiger partial charge < -0.3 is 26.0 Å². The summed E-state index contributed by atoms with van der Waals surface area (Å²) in [4.78, 5) is 65.0. The van der Waals surface area contributed by atoms with E-state index >= 15 is 0 Å². The quantitative estimate of drug-likeness (QED) is 0.288. The van der Waals surface area contributed by atoms with Crippen molar-refractivity contribution in [2.75, 3.05) is 14.1 Å². The summed E-state index contributed by atoms with van der Waals surface area (Å²) >= 11 is 0. The lowest BCUT2D eigenvalue weighted by molar-refractivity contribution is -0.143. The van der Waals surface area contributed by atoms with Gasteiger partial charge in [-0.2, -0.15) is 0 Å². The van der Waals surface area contributed by atoms with E-state index in [-0.39, 0.29) is 24.7 Å². The van der Waals surface area contributed by atoms with Gasteiger partial charge in [-0.1, -0.05) is 76.6 Å². The van der Waals surface area contributed by atoms with Gasteiger partial charge >= 0.3 is 6.09 Å². The number of amides is 4. The van der Waals surface area contributed by atoms with Crippen molar-refractivity contribution in [1.82, 2.24) is 20.9 Å². The van der Waals surface area contributed by atoms with E-state index in [1.54, 1.807) is 21.0 Å². The smallest absolute Gasteiger partial charge is 0.405 e. The number of carboxylic acid groups (broad SMARTS) is 1. The molecule has 0 aliphatic rings. The van der Waals surface area contributed by atoms with Crippen molar-refractivity contribution >= 4 is 40.4 Å². The Morgan fingerprint density at radius 2 is 1.51 bits per heavy atom. The monoisotopic (exact) mass is 540 g/mol. The van der Waals surface area contributed by atoms with E-state index in [0.717, 1.165) is 16.3 Å². The second kappa shape index (κ2) is 14.3. The molecule has 4 amide bonds. The molecule has 39 heavy (non-hydrogen) atoms. The first-order chi connectivity index (χ1) is 18.3. The van der Waals surface area contributed by atoms with Gasteiger partial charge in [0.25, 0.3) is 5.91 Å². The number of hydrogen-bond donors (Lipinski definition) is 4. The van der Waals surface area contributed by atoms with E-state index in [0.29, 0.717) is 6.42 Å². The van der Waals surface area contributed by atoms with Crippen LogP contribution in [0.5, 0.6) is 0 Å². The van der Waals surface area contributed by atoms with E-state index < -0.39 is 47.7 Å². The van der Waals surface area contributed by atoms with Crippen molar-refractivity contribution in [1.29, 1.82) is 0 Å². The van der Waals surface area contributed by atoms with Crippen LogP contribution in [0.1, 0.15) is 46.1 Å². The summed E-state index contributed by atoms with van der Waals surface area (Å²) in [5, 5.41) is 18.5. The summed E-state index contributed by atoms with van der Waals surface area (Å²) < 4.78 is 0. The first-order valence-corrected chi connectivity index (χ1v) is 13.2. The van der Waals surface area contributed by atoms with E-state index in [2.05, 4.69) is 16.0 Å². The summed E-state index contributed by atoms with van der Waals surface area (Å²) in [6, 6.07) is 10.2. The van der Waals surface area contributed by atoms with Crippen molar-refractivity contribution in [3.05, 3.63) is 48.0 Å². The molecule has 0 fully saturated rings. The van der Waals surface area contributed by atoms with Crippen LogP contribution in [0.4, 0.5) is 4.79 Å². The minimum Gasteiger partial charge on any atom is -0.465 e. The third kappa shape index (κ3) is 9.08. The van der Waals surface area contributed by atoms with Gasteiger partial charge in [0.05, 0.1) is 6.04 Å². The third-order valence-electron chi connectivity index (χ3n) is 6.64. The maximum absolute atomic E-state index is 13.3. The number of ketones is 1. The first-order valence-electron chi connectivity index (χ1n) is 13.2. The number of Topliss-reactive ketones (excluding diaryl/α,β-unsaturated/α-hetero) is 1. The molecule has 10 heteroatoms. The van der Waals surface area contributed by atoms with E-state index in [1.165, 1.54) is 4.90 Å². The average molecular weight is 541 g/mol.